The molecule has 0 radical (unpaired) electrons. The van der Waals surface area contributed by atoms with Crippen LogP contribution in [-0.4, -0.2) is 51.8 Å². The van der Waals surface area contributed by atoms with Crippen molar-refractivity contribution in [3.8, 4) is 0 Å². The maximum Gasteiger partial charge on any atom is 0.327 e. The van der Waals surface area contributed by atoms with Crippen molar-refractivity contribution < 1.29 is 15.1 Å². The number of allylic oxidation sites excluding steroid dienone is 2. The van der Waals surface area contributed by atoms with Crippen LogP contribution in [0.15, 0.2) is 58.0 Å². The van der Waals surface area contributed by atoms with E-state index in [-0.39, 0.29) is 6.04 Å². The van der Waals surface area contributed by atoms with Crippen LogP contribution in [0.3, 0.4) is 0 Å². The van der Waals surface area contributed by atoms with Gasteiger partial charge in [-0.15, -0.1) is 0 Å². The Balaban J connectivity index is 1.80. The van der Waals surface area contributed by atoms with Crippen molar-refractivity contribution in [1.82, 2.24) is 10.2 Å². The van der Waals surface area contributed by atoms with Gasteiger partial charge in [0.05, 0.1) is 11.4 Å². The van der Waals surface area contributed by atoms with Crippen molar-refractivity contribution in [2.45, 2.75) is 30.6 Å². The number of carbonyl (C=O) groups is 1. The number of oxime groups is 1. The maximum absolute atomic E-state index is 12.6. The molecule has 2 heterocycles. The van der Waals surface area contributed by atoms with Crippen LogP contribution < -0.4 is 10.6 Å². The van der Waals surface area contributed by atoms with Gasteiger partial charge in [-0.3, -0.25) is 4.79 Å². The van der Waals surface area contributed by atoms with Crippen molar-refractivity contribution in [2.24, 2.45) is 5.16 Å². The summed E-state index contributed by atoms with van der Waals surface area (Å²) in [6.45, 7) is 1.94. The quantitative estimate of drug-likeness (QED) is 0.436. The number of aliphatic carboxylic acids is 1. The number of fused-ring (bicyclic) bond motifs is 2. The number of benzene rings is 1. The Hall–Kier alpha value is -2.71. The number of hydrogen-bond donors (Lipinski definition) is 4. The summed E-state index contributed by atoms with van der Waals surface area (Å²) in [5, 5.41) is 29.4. The Bertz CT molecular complexity index is 996. The first-order valence-electron chi connectivity index (χ1n) is 9.46. The van der Waals surface area contributed by atoms with Crippen LogP contribution >= 0.6 is 11.8 Å². The average molecular weight is 413 g/mol. The molecule has 2 aliphatic heterocycles. The number of nitrogens with zero attached hydrogens (tertiary/aromatic N) is 2. The molecule has 0 saturated carbocycles. The molecule has 2 unspecified atom stereocenters. The van der Waals surface area contributed by atoms with E-state index in [1.807, 2.05) is 62.6 Å². The molecule has 1 aromatic carbocycles. The van der Waals surface area contributed by atoms with Crippen molar-refractivity contribution in [1.29, 1.82) is 0 Å². The van der Waals surface area contributed by atoms with Gasteiger partial charge in [0.2, 0.25) is 0 Å². The van der Waals surface area contributed by atoms with Crippen LogP contribution in [0.25, 0.3) is 0 Å². The largest absolute Gasteiger partial charge is 0.480 e. The summed E-state index contributed by atoms with van der Waals surface area (Å²) in [7, 11) is 3.79. The van der Waals surface area contributed by atoms with E-state index in [4.69, 9.17) is 5.21 Å². The van der Waals surface area contributed by atoms with Gasteiger partial charge < -0.3 is 25.8 Å². The van der Waals surface area contributed by atoms with Crippen LogP contribution in [0.4, 0.5) is 5.69 Å². The molecule has 8 heteroatoms. The number of aryl methyl sites for hydroxylation is 1. The van der Waals surface area contributed by atoms with Gasteiger partial charge in [-0.25, -0.2) is 0 Å². The third-order valence-corrected chi connectivity index (χ3v) is 7.46. The number of carboxylic acids is 1. The average Bonchev–Trinajstić information content (AvgIpc) is 3.26. The summed E-state index contributed by atoms with van der Waals surface area (Å²) in [4.78, 5) is 15.5. The second-order valence-electron chi connectivity index (χ2n) is 7.62. The Morgan fingerprint density at radius 3 is 2.86 bits per heavy atom. The van der Waals surface area contributed by atoms with Crippen molar-refractivity contribution >= 4 is 29.1 Å². The molecular formula is C21H24N4O3S. The predicted molar refractivity (Wildman–Crippen MR) is 115 cm³/mol. The molecule has 7 nitrogen and oxygen atoms in total. The number of dihydropyridines is 1. The van der Waals surface area contributed by atoms with Crippen LogP contribution in [-0.2, 0) is 11.2 Å². The van der Waals surface area contributed by atoms with Gasteiger partial charge in [-0.2, -0.15) is 0 Å². The highest BCUT2D eigenvalue weighted by Crippen LogP contribution is 2.53. The van der Waals surface area contributed by atoms with E-state index in [1.165, 1.54) is 11.8 Å². The third-order valence-electron chi connectivity index (χ3n) is 5.86. The molecule has 0 saturated heterocycles. The number of carboxylic acid groups (broad SMARTS) is 1. The van der Waals surface area contributed by atoms with Crippen molar-refractivity contribution in [2.75, 3.05) is 19.4 Å². The monoisotopic (exact) mass is 412 g/mol. The summed E-state index contributed by atoms with van der Waals surface area (Å²) in [6, 6.07) is 5.60. The molecule has 29 heavy (non-hydrogen) atoms. The van der Waals surface area contributed by atoms with E-state index in [1.54, 1.807) is 0 Å². The van der Waals surface area contributed by atoms with E-state index in [0.717, 1.165) is 33.7 Å². The fraction of sp³-hybridized carbons (Fsp3) is 0.333. The molecule has 2 atom stereocenters. The maximum atomic E-state index is 12.6. The van der Waals surface area contributed by atoms with Gasteiger partial charge in [0.15, 0.2) is 4.75 Å². The molecule has 4 rings (SSSR count). The van der Waals surface area contributed by atoms with Gasteiger partial charge in [-0.05, 0) is 57.6 Å². The fourth-order valence-electron chi connectivity index (χ4n) is 4.07. The van der Waals surface area contributed by atoms with Crippen molar-refractivity contribution in [3.05, 3.63) is 64.0 Å². The van der Waals surface area contributed by atoms with Gasteiger partial charge in [-0.1, -0.05) is 23.0 Å². The molecule has 0 spiro atoms. The third kappa shape index (κ3) is 3.03. The van der Waals surface area contributed by atoms with Gasteiger partial charge in [0.25, 0.3) is 0 Å². The Kier molecular flexibility index (Phi) is 4.92. The second kappa shape index (κ2) is 7.27. The lowest BCUT2D eigenvalue weighted by Gasteiger charge is -2.37. The topological polar surface area (TPSA) is 97.2 Å². The standard InChI is InChI=1S/C21H24N4O3S/c1-12(25(2)3)21(20(26)27)19(16-8-9-22-11-18(16)29-21)23-14-5-6-15-13(10-14)4-7-17(15)24-28/h5-6,8-12,22-23,28H,4,7H2,1-3H3,(H,26,27)/b24-17+. The number of nitrogens with one attached hydrogen (secondary N) is 2. The first-order valence-corrected chi connectivity index (χ1v) is 10.3. The Labute approximate surface area is 173 Å². The van der Waals surface area contributed by atoms with E-state index in [9.17, 15) is 9.90 Å². The first kappa shape index (κ1) is 19.6. The van der Waals surface area contributed by atoms with E-state index < -0.39 is 10.7 Å². The van der Waals surface area contributed by atoms with E-state index >= 15 is 0 Å². The number of rotatable bonds is 5. The molecular weight excluding hydrogens is 388 g/mol. The normalized spacial score (nSPS) is 25.0. The lowest BCUT2D eigenvalue weighted by Crippen LogP contribution is -2.53. The lowest BCUT2D eigenvalue weighted by atomic mass is 9.91. The Morgan fingerprint density at radius 2 is 2.17 bits per heavy atom. The highest BCUT2D eigenvalue weighted by atomic mass is 32.2. The van der Waals surface area contributed by atoms with Crippen molar-refractivity contribution in [3.63, 3.8) is 0 Å². The molecule has 0 bridgehead atoms. The lowest BCUT2D eigenvalue weighted by molar-refractivity contribution is -0.140. The highest BCUT2D eigenvalue weighted by Gasteiger charge is 2.55. The molecule has 1 aliphatic carbocycles. The van der Waals surface area contributed by atoms with Crippen LogP contribution in [0.2, 0.25) is 0 Å². The molecule has 0 amide bonds. The minimum Gasteiger partial charge on any atom is -0.480 e. The zero-order valence-corrected chi connectivity index (χ0v) is 17.4. The minimum atomic E-state index is -1.17. The minimum absolute atomic E-state index is 0.262. The molecule has 0 aromatic heterocycles. The number of hydrogen-bond acceptors (Lipinski definition) is 7. The summed E-state index contributed by atoms with van der Waals surface area (Å²) >= 11 is 1.36. The summed E-state index contributed by atoms with van der Waals surface area (Å²) < 4.78 is -1.17. The fourth-order valence-corrected chi connectivity index (χ4v) is 5.56. The molecule has 1 aromatic rings. The van der Waals surface area contributed by atoms with Gasteiger partial charge in [0, 0.05) is 40.2 Å². The highest BCUT2D eigenvalue weighted by molar-refractivity contribution is 8.06. The molecule has 3 aliphatic rings. The van der Waals surface area contributed by atoms with Gasteiger partial charge >= 0.3 is 5.97 Å². The summed E-state index contributed by atoms with van der Waals surface area (Å²) in [5.41, 5.74) is 5.13. The SMILES string of the molecule is CC(N(C)C)C1(C(=O)O)SC2=CNC=CC2=C1Nc1ccc2c(c1)CC/C2=N\O. The smallest absolute Gasteiger partial charge is 0.327 e. The second-order valence-corrected chi connectivity index (χ2v) is 8.91. The van der Waals surface area contributed by atoms with Gasteiger partial charge in [0.1, 0.15) is 0 Å². The van der Waals surface area contributed by atoms with E-state index in [0.29, 0.717) is 17.8 Å². The zero-order valence-electron chi connectivity index (χ0n) is 16.6. The number of thioether (sulfide) groups is 1. The van der Waals surface area contributed by atoms with Crippen LogP contribution in [0, 0.1) is 0 Å². The summed E-state index contributed by atoms with van der Waals surface area (Å²) in [5.74, 6) is -0.877. The Morgan fingerprint density at radius 1 is 1.38 bits per heavy atom. The molecule has 4 N–H and O–H groups in total. The first-order chi connectivity index (χ1) is 13.9. The predicted octanol–water partition coefficient (Wildman–Crippen LogP) is 2.96. The number of anilines is 1. The van der Waals surface area contributed by atoms with Crippen LogP contribution in [0.5, 0.6) is 0 Å². The molecule has 152 valence electrons. The summed E-state index contributed by atoms with van der Waals surface area (Å²) in [6.07, 6.45) is 7.09. The molecule has 0 fully saturated rings. The van der Waals surface area contributed by atoms with Crippen LogP contribution in [0.1, 0.15) is 24.5 Å². The zero-order chi connectivity index (χ0) is 20.8. The van der Waals surface area contributed by atoms with E-state index in [2.05, 4.69) is 15.8 Å².